The molecule has 2 aromatic rings. The first kappa shape index (κ1) is 17.0. The van der Waals surface area contributed by atoms with Gasteiger partial charge in [-0.3, -0.25) is 9.59 Å². The summed E-state index contributed by atoms with van der Waals surface area (Å²) in [5.41, 5.74) is 0.833. The van der Waals surface area contributed by atoms with Crippen LogP contribution in [0.1, 0.15) is 22.9 Å². The predicted octanol–water partition coefficient (Wildman–Crippen LogP) is 3.65. The van der Waals surface area contributed by atoms with Crippen LogP contribution in [0.5, 0.6) is 0 Å². The molecular weight excluding hydrogens is 347 g/mol. The number of rotatable bonds is 6. The van der Waals surface area contributed by atoms with E-state index in [0.29, 0.717) is 13.1 Å². The zero-order valence-corrected chi connectivity index (χ0v) is 14.5. The zero-order valence-electron chi connectivity index (χ0n) is 12.9. The Morgan fingerprint density at radius 1 is 1.29 bits per heavy atom. The second-order valence-corrected chi connectivity index (χ2v) is 7.44. The van der Waals surface area contributed by atoms with E-state index in [1.54, 1.807) is 17.0 Å². The molecule has 1 unspecified atom stereocenters. The topological polar surface area (TPSA) is 49.4 Å². The van der Waals surface area contributed by atoms with Crippen molar-refractivity contribution in [2.45, 2.75) is 12.5 Å². The van der Waals surface area contributed by atoms with Crippen LogP contribution in [-0.2, 0) is 4.79 Å². The number of amides is 2. The first-order valence-electron chi connectivity index (χ1n) is 7.63. The van der Waals surface area contributed by atoms with Gasteiger partial charge in [-0.15, -0.1) is 11.3 Å². The number of halogens is 1. The minimum Gasteiger partial charge on any atom is -0.344 e. The van der Waals surface area contributed by atoms with E-state index >= 15 is 0 Å². The van der Waals surface area contributed by atoms with Gasteiger partial charge < -0.3 is 10.2 Å². The third-order valence-corrected chi connectivity index (χ3v) is 5.62. The quantitative estimate of drug-likeness (QED) is 0.851. The number of nitrogens with one attached hydrogen (secondary N) is 1. The van der Waals surface area contributed by atoms with Crippen molar-refractivity contribution in [1.82, 2.24) is 10.2 Å². The van der Waals surface area contributed by atoms with Crippen LogP contribution in [0.4, 0.5) is 9.18 Å². The summed E-state index contributed by atoms with van der Waals surface area (Å²) >= 11 is 2.83. The van der Waals surface area contributed by atoms with Gasteiger partial charge >= 0.3 is 0 Å². The van der Waals surface area contributed by atoms with Gasteiger partial charge in [-0.1, -0.05) is 30.0 Å². The fraction of sp³-hybridized carbons (Fsp3) is 0.294. The molecule has 0 saturated carbocycles. The molecule has 1 aliphatic rings. The summed E-state index contributed by atoms with van der Waals surface area (Å²) in [5, 5.41) is 4.98. The lowest BCUT2D eigenvalue weighted by Crippen LogP contribution is -2.33. The Labute approximate surface area is 148 Å². The van der Waals surface area contributed by atoms with Crippen LogP contribution in [0.25, 0.3) is 0 Å². The molecule has 3 rings (SSSR count). The Morgan fingerprint density at radius 2 is 2.08 bits per heavy atom. The fourth-order valence-electron chi connectivity index (χ4n) is 2.53. The lowest BCUT2D eigenvalue weighted by Gasteiger charge is -2.19. The number of carbonyl (C=O) groups is 2. The van der Waals surface area contributed by atoms with Crippen molar-refractivity contribution in [1.29, 1.82) is 0 Å². The highest BCUT2D eigenvalue weighted by molar-refractivity contribution is 8.13. The minimum atomic E-state index is -0.306. The highest BCUT2D eigenvalue weighted by Gasteiger charge is 2.23. The van der Waals surface area contributed by atoms with Gasteiger partial charge in [-0.25, -0.2) is 4.39 Å². The first-order chi connectivity index (χ1) is 11.6. The third-order valence-electron chi connectivity index (χ3n) is 3.79. The molecule has 0 spiro atoms. The van der Waals surface area contributed by atoms with Gasteiger partial charge in [0, 0.05) is 30.1 Å². The van der Waals surface area contributed by atoms with Gasteiger partial charge in [-0.05, 0) is 29.1 Å². The van der Waals surface area contributed by atoms with E-state index in [2.05, 4.69) is 5.32 Å². The van der Waals surface area contributed by atoms with Crippen LogP contribution >= 0.6 is 23.1 Å². The Balaban J connectivity index is 1.66. The summed E-state index contributed by atoms with van der Waals surface area (Å²) in [6.07, 6.45) is 0.259. The third kappa shape index (κ3) is 4.15. The highest BCUT2D eigenvalue weighted by Crippen LogP contribution is 2.26. The van der Waals surface area contributed by atoms with E-state index < -0.39 is 0 Å². The number of nitrogens with zero attached hydrogens (tertiary/aromatic N) is 1. The Bertz CT molecular complexity index is 704. The molecule has 1 aliphatic heterocycles. The van der Waals surface area contributed by atoms with Crippen molar-refractivity contribution in [2.24, 2.45) is 0 Å². The van der Waals surface area contributed by atoms with Crippen molar-refractivity contribution < 1.29 is 14.0 Å². The molecule has 1 fully saturated rings. The summed E-state index contributed by atoms with van der Waals surface area (Å²) in [4.78, 5) is 26.6. The van der Waals surface area contributed by atoms with Crippen molar-refractivity contribution in [3.05, 3.63) is 58.0 Å². The lowest BCUT2D eigenvalue weighted by molar-refractivity contribution is -0.121. The molecule has 1 atom stereocenters. The maximum atomic E-state index is 13.2. The summed E-state index contributed by atoms with van der Waals surface area (Å²) in [7, 11) is 0. The van der Waals surface area contributed by atoms with Gasteiger partial charge in [-0.2, -0.15) is 0 Å². The molecule has 24 heavy (non-hydrogen) atoms. The molecule has 1 saturated heterocycles. The Hall–Kier alpha value is -1.86. The van der Waals surface area contributed by atoms with Crippen LogP contribution in [0.15, 0.2) is 41.8 Å². The highest BCUT2D eigenvalue weighted by atomic mass is 32.2. The molecular formula is C17H17FN2O2S2. The predicted molar refractivity (Wildman–Crippen MR) is 94.7 cm³/mol. The van der Waals surface area contributed by atoms with Gasteiger partial charge in [0.05, 0.1) is 6.04 Å². The fourth-order valence-corrected chi connectivity index (χ4v) is 4.18. The van der Waals surface area contributed by atoms with E-state index in [0.717, 1.165) is 16.2 Å². The second-order valence-electron chi connectivity index (χ2n) is 5.42. The second kappa shape index (κ2) is 7.81. The van der Waals surface area contributed by atoms with E-state index in [1.807, 2.05) is 17.5 Å². The van der Waals surface area contributed by atoms with Crippen LogP contribution in [0.3, 0.4) is 0 Å². The first-order valence-corrected chi connectivity index (χ1v) is 9.50. The van der Waals surface area contributed by atoms with Crippen LogP contribution in [-0.4, -0.2) is 34.9 Å². The number of hydrogen-bond acceptors (Lipinski definition) is 4. The summed E-state index contributed by atoms with van der Waals surface area (Å²) in [6.45, 7) is 1.13. The van der Waals surface area contributed by atoms with Crippen molar-refractivity contribution in [3.63, 3.8) is 0 Å². The molecule has 0 aliphatic carbocycles. The summed E-state index contributed by atoms with van der Waals surface area (Å²) < 4.78 is 13.2. The van der Waals surface area contributed by atoms with Crippen LogP contribution < -0.4 is 5.32 Å². The number of hydrogen-bond donors (Lipinski definition) is 1. The minimum absolute atomic E-state index is 0.0381. The van der Waals surface area contributed by atoms with Gasteiger partial charge in [0.2, 0.25) is 5.91 Å². The number of thioether (sulfide) groups is 1. The molecule has 0 radical (unpaired) electrons. The SMILES string of the molecule is O=C(CCN1CCSC1=O)NC(c1ccc(F)cc1)c1cccs1. The zero-order chi connectivity index (χ0) is 16.9. The standard InChI is InChI=1S/C17H17FN2O2S2/c18-13-5-3-12(4-6-13)16(14-2-1-10-23-14)19-15(21)7-8-20-9-11-24-17(20)22/h1-6,10,16H,7-9,11H2,(H,19,21). The number of thiophene rings is 1. The summed E-state index contributed by atoms with van der Waals surface area (Å²) in [6, 6.07) is 9.70. The van der Waals surface area contributed by atoms with Crippen LogP contribution in [0.2, 0.25) is 0 Å². The normalized spacial score (nSPS) is 15.5. The Kier molecular flexibility index (Phi) is 5.52. The van der Waals surface area contributed by atoms with E-state index in [1.165, 1.54) is 35.2 Å². The molecule has 1 N–H and O–H groups in total. The number of benzene rings is 1. The maximum Gasteiger partial charge on any atom is 0.281 e. The Morgan fingerprint density at radius 3 is 2.71 bits per heavy atom. The van der Waals surface area contributed by atoms with Crippen molar-refractivity contribution in [2.75, 3.05) is 18.8 Å². The van der Waals surface area contributed by atoms with Crippen molar-refractivity contribution >= 4 is 34.2 Å². The summed E-state index contributed by atoms with van der Waals surface area (Å²) in [5.74, 6) is 0.357. The maximum absolute atomic E-state index is 13.2. The van der Waals surface area contributed by atoms with Gasteiger partial charge in [0.25, 0.3) is 5.24 Å². The molecule has 0 bridgehead atoms. The molecule has 7 heteroatoms. The average Bonchev–Trinajstić information content (AvgIpc) is 3.23. The van der Waals surface area contributed by atoms with Gasteiger partial charge in [0.15, 0.2) is 0 Å². The molecule has 126 valence electrons. The van der Waals surface area contributed by atoms with E-state index in [-0.39, 0.29) is 29.4 Å². The smallest absolute Gasteiger partial charge is 0.281 e. The van der Waals surface area contributed by atoms with Crippen molar-refractivity contribution in [3.8, 4) is 0 Å². The molecule has 1 aromatic carbocycles. The van der Waals surface area contributed by atoms with Gasteiger partial charge in [0.1, 0.15) is 5.82 Å². The molecule has 1 aromatic heterocycles. The van der Waals surface area contributed by atoms with E-state index in [9.17, 15) is 14.0 Å². The molecule has 2 amide bonds. The number of carbonyl (C=O) groups excluding carboxylic acids is 2. The van der Waals surface area contributed by atoms with Crippen LogP contribution in [0, 0.1) is 5.82 Å². The lowest BCUT2D eigenvalue weighted by atomic mass is 10.0. The average molecular weight is 364 g/mol. The molecule has 2 heterocycles. The molecule has 4 nitrogen and oxygen atoms in total. The van der Waals surface area contributed by atoms with E-state index in [4.69, 9.17) is 0 Å². The monoisotopic (exact) mass is 364 g/mol. The largest absolute Gasteiger partial charge is 0.344 e.